The Kier molecular flexibility index (Phi) is 6.17. The molecule has 0 radical (unpaired) electrons. The van der Waals surface area contributed by atoms with Gasteiger partial charge < -0.3 is 15.5 Å². The molecule has 2 N–H and O–H groups in total. The molecule has 1 saturated heterocycles. The van der Waals surface area contributed by atoms with Crippen molar-refractivity contribution in [1.29, 1.82) is 0 Å². The molecule has 1 unspecified atom stereocenters. The first-order valence-corrected chi connectivity index (χ1v) is 9.94. The molecule has 0 bridgehead atoms. The first-order valence-electron chi connectivity index (χ1n) is 9.94. The van der Waals surface area contributed by atoms with Gasteiger partial charge in [-0.1, -0.05) is 49.6 Å². The Bertz CT molecular complexity index is 613. The van der Waals surface area contributed by atoms with Crippen LogP contribution in [-0.2, 0) is 11.3 Å². The van der Waals surface area contributed by atoms with Crippen molar-refractivity contribution in [1.82, 2.24) is 15.5 Å². The zero-order valence-corrected chi connectivity index (χ0v) is 15.8. The van der Waals surface area contributed by atoms with Gasteiger partial charge in [0.2, 0.25) is 5.91 Å². The molecule has 0 spiro atoms. The third-order valence-corrected chi connectivity index (χ3v) is 5.76. The molecule has 1 aromatic rings. The second kappa shape index (κ2) is 8.56. The average molecular weight is 357 g/mol. The molecule has 3 rings (SSSR count). The predicted octanol–water partition coefficient (Wildman–Crippen LogP) is 3.45. The van der Waals surface area contributed by atoms with Gasteiger partial charge in [-0.05, 0) is 38.2 Å². The molecule has 1 atom stereocenters. The van der Waals surface area contributed by atoms with Crippen molar-refractivity contribution >= 4 is 11.9 Å². The van der Waals surface area contributed by atoms with Crippen LogP contribution < -0.4 is 10.6 Å². The van der Waals surface area contributed by atoms with E-state index in [2.05, 4.69) is 10.6 Å². The van der Waals surface area contributed by atoms with E-state index in [9.17, 15) is 9.59 Å². The maximum absolute atomic E-state index is 12.8. The van der Waals surface area contributed by atoms with Gasteiger partial charge in [-0.3, -0.25) is 4.79 Å². The minimum atomic E-state index is -0.517. The standard InChI is InChI=1S/C21H31N3O2/c1-21(19(25)22-15-17-9-4-2-5-10-17)13-8-14-24(16-21)20(26)23-18-11-6-3-7-12-18/h2,4-5,9-10,18H,3,6-8,11-16H2,1H3,(H,22,25)(H,23,26). The molecule has 2 fully saturated rings. The van der Waals surface area contributed by atoms with E-state index in [0.29, 0.717) is 19.1 Å². The summed E-state index contributed by atoms with van der Waals surface area (Å²) >= 11 is 0. The summed E-state index contributed by atoms with van der Waals surface area (Å²) in [4.78, 5) is 27.3. The van der Waals surface area contributed by atoms with Crippen LogP contribution in [0.4, 0.5) is 4.79 Å². The van der Waals surface area contributed by atoms with Crippen molar-refractivity contribution in [3.8, 4) is 0 Å². The number of nitrogens with zero attached hydrogens (tertiary/aromatic N) is 1. The number of likely N-dealkylation sites (tertiary alicyclic amines) is 1. The highest BCUT2D eigenvalue weighted by Crippen LogP contribution is 2.30. The molecule has 1 aromatic carbocycles. The van der Waals surface area contributed by atoms with Gasteiger partial charge in [0.25, 0.3) is 0 Å². The van der Waals surface area contributed by atoms with Gasteiger partial charge >= 0.3 is 6.03 Å². The number of hydrogen-bond acceptors (Lipinski definition) is 2. The van der Waals surface area contributed by atoms with Crippen LogP contribution in [0.25, 0.3) is 0 Å². The van der Waals surface area contributed by atoms with Crippen molar-refractivity contribution < 1.29 is 9.59 Å². The summed E-state index contributed by atoms with van der Waals surface area (Å²) in [7, 11) is 0. The largest absolute Gasteiger partial charge is 0.351 e. The lowest BCUT2D eigenvalue weighted by Gasteiger charge is -2.40. The minimum absolute atomic E-state index is 0.00122. The number of urea groups is 1. The third-order valence-electron chi connectivity index (χ3n) is 5.76. The topological polar surface area (TPSA) is 61.4 Å². The fraction of sp³-hybridized carbons (Fsp3) is 0.619. The van der Waals surface area contributed by atoms with Crippen molar-refractivity contribution in [2.75, 3.05) is 13.1 Å². The zero-order valence-electron chi connectivity index (χ0n) is 15.8. The lowest BCUT2D eigenvalue weighted by atomic mass is 9.81. The SMILES string of the molecule is CC1(C(=O)NCc2ccccc2)CCCN(C(=O)NC2CCCCC2)C1. The highest BCUT2D eigenvalue weighted by Gasteiger charge is 2.39. The Balaban J connectivity index is 1.53. The fourth-order valence-corrected chi connectivity index (χ4v) is 4.10. The van der Waals surface area contributed by atoms with Crippen molar-refractivity contribution in [3.05, 3.63) is 35.9 Å². The average Bonchev–Trinajstić information content (AvgIpc) is 2.67. The van der Waals surface area contributed by atoms with E-state index in [0.717, 1.165) is 37.8 Å². The molecule has 26 heavy (non-hydrogen) atoms. The van der Waals surface area contributed by atoms with Gasteiger partial charge in [0, 0.05) is 25.7 Å². The quantitative estimate of drug-likeness (QED) is 0.867. The molecule has 1 aliphatic heterocycles. The molecule has 5 nitrogen and oxygen atoms in total. The molecule has 5 heteroatoms. The summed E-state index contributed by atoms with van der Waals surface area (Å²) in [6.07, 6.45) is 7.52. The van der Waals surface area contributed by atoms with E-state index in [1.807, 2.05) is 42.2 Å². The second-order valence-electron chi connectivity index (χ2n) is 8.04. The molecule has 1 saturated carbocycles. The summed E-state index contributed by atoms with van der Waals surface area (Å²) in [6.45, 7) is 3.74. The van der Waals surface area contributed by atoms with Crippen LogP contribution in [0.2, 0.25) is 0 Å². The van der Waals surface area contributed by atoms with E-state index in [-0.39, 0.29) is 11.9 Å². The molecule has 1 heterocycles. The van der Waals surface area contributed by atoms with Gasteiger partial charge in [0.05, 0.1) is 5.41 Å². The van der Waals surface area contributed by atoms with Crippen LogP contribution in [0.15, 0.2) is 30.3 Å². The Labute approximate surface area is 156 Å². The minimum Gasteiger partial charge on any atom is -0.351 e. The number of carbonyl (C=O) groups is 2. The van der Waals surface area contributed by atoms with E-state index < -0.39 is 5.41 Å². The van der Waals surface area contributed by atoms with E-state index in [4.69, 9.17) is 0 Å². The lowest BCUT2D eigenvalue weighted by Crippen LogP contribution is -2.55. The number of hydrogen-bond donors (Lipinski definition) is 2. The fourth-order valence-electron chi connectivity index (χ4n) is 4.10. The zero-order chi connectivity index (χ0) is 18.4. The van der Waals surface area contributed by atoms with Gasteiger partial charge in [-0.2, -0.15) is 0 Å². The number of nitrogens with one attached hydrogen (secondary N) is 2. The molecular weight excluding hydrogens is 326 g/mol. The summed E-state index contributed by atoms with van der Waals surface area (Å²) in [6, 6.07) is 10.2. The summed E-state index contributed by atoms with van der Waals surface area (Å²) < 4.78 is 0. The number of amides is 3. The maximum atomic E-state index is 12.8. The first-order chi connectivity index (χ1) is 12.6. The number of carbonyl (C=O) groups excluding carboxylic acids is 2. The Morgan fingerprint density at radius 1 is 1.12 bits per heavy atom. The van der Waals surface area contributed by atoms with E-state index >= 15 is 0 Å². The van der Waals surface area contributed by atoms with E-state index in [1.165, 1.54) is 19.3 Å². The Morgan fingerprint density at radius 3 is 2.58 bits per heavy atom. The summed E-state index contributed by atoms with van der Waals surface area (Å²) in [5, 5.41) is 6.23. The number of piperidine rings is 1. The van der Waals surface area contributed by atoms with Crippen LogP contribution in [0.3, 0.4) is 0 Å². The molecule has 1 aliphatic carbocycles. The molecular formula is C21H31N3O2. The van der Waals surface area contributed by atoms with Crippen LogP contribution in [-0.4, -0.2) is 36.0 Å². The van der Waals surface area contributed by atoms with Crippen molar-refractivity contribution in [2.24, 2.45) is 5.41 Å². The third kappa shape index (κ3) is 4.77. The normalized spacial score (nSPS) is 24.1. The Morgan fingerprint density at radius 2 is 1.85 bits per heavy atom. The smallest absolute Gasteiger partial charge is 0.317 e. The lowest BCUT2D eigenvalue weighted by molar-refractivity contribution is -0.132. The summed E-state index contributed by atoms with van der Waals surface area (Å²) in [5.74, 6) is 0.0384. The monoisotopic (exact) mass is 357 g/mol. The molecule has 0 aromatic heterocycles. The summed E-state index contributed by atoms with van der Waals surface area (Å²) in [5.41, 5.74) is 0.573. The highest BCUT2D eigenvalue weighted by molar-refractivity contribution is 5.84. The van der Waals surface area contributed by atoms with Gasteiger partial charge in [0.1, 0.15) is 0 Å². The van der Waals surface area contributed by atoms with Crippen LogP contribution in [0.1, 0.15) is 57.4 Å². The molecule has 3 amide bonds. The van der Waals surface area contributed by atoms with Crippen molar-refractivity contribution in [3.63, 3.8) is 0 Å². The van der Waals surface area contributed by atoms with Gasteiger partial charge in [-0.15, -0.1) is 0 Å². The molecule has 2 aliphatic rings. The maximum Gasteiger partial charge on any atom is 0.317 e. The van der Waals surface area contributed by atoms with Gasteiger partial charge in [0.15, 0.2) is 0 Å². The van der Waals surface area contributed by atoms with Crippen LogP contribution in [0.5, 0.6) is 0 Å². The van der Waals surface area contributed by atoms with Gasteiger partial charge in [-0.25, -0.2) is 4.79 Å². The van der Waals surface area contributed by atoms with Crippen molar-refractivity contribution in [2.45, 2.75) is 64.5 Å². The van der Waals surface area contributed by atoms with E-state index in [1.54, 1.807) is 0 Å². The number of rotatable bonds is 4. The predicted molar refractivity (Wildman–Crippen MR) is 103 cm³/mol. The van der Waals surface area contributed by atoms with Crippen LogP contribution >= 0.6 is 0 Å². The molecule has 142 valence electrons. The Hall–Kier alpha value is -2.04. The first kappa shape index (κ1) is 18.7. The highest BCUT2D eigenvalue weighted by atomic mass is 16.2. The number of benzene rings is 1. The second-order valence-corrected chi connectivity index (χ2v) is 8.04. The van der Waals surface area contributed by atoms with Crippen LogP contribution in [0, 0.1) is 5.41 Å².